The van der Waals surface area contributed by atoms with Gasteiger partial charge in [-0.1, -0.05) is 0 Å². The number of rotatable bonds is 6. The van der Waals surface area contributed by atoms with E-state index in [2.05, 4.69) is 28.3 Å². The minimum absolute atomic E-state index is 0.157. The third kappa shape index (κ3) is 124. The van der Waals surface area contributed by atoms with Crippen LogP contribution in [0.5, 0.6) is 0 Å². The highest BCUT2D eigenvalue weighted by Gasteiger charge is 2.14. The van der Waals surface area contributed by atoms with E-state index in [4.69, 9.17) is 11.5 Å². The molecule has 0 aliphatic carbocycles. The first kappa shape index (κ1) is 44.0. The molecule has 200 valence electrons. The molecule has 0 spiro atoms. The zero-order chi connectivity index (χ0) is 28.2. The summed E-state index contributed by atoms with van der Waals surface area (Å²) in [6.07, 6.45) is 0. The zero-order valence-electron chi connectivity index (χ0n) is 21.9. The molecule has 13 nitrogen and oxygen atoms in total. The number of nitrogens with two attached hydrogens (primary N) is 6. The number of amides is 5. The van der Waals surface area contributed by atoms with Crippen molar-refractivity contribution in [3.63, 3.8) is 0 Å². The molecular weight excluding hydrogens is 432 g/mol. The van der Waals surface area contributed by atoms with E-state index in [0.29, 0.717) is 25.2 Å². The van der Waals surface area contributed by atoms with Crippen molar-refractivity contribution in [2.75, 3.05) is 26.2 Å². The Kier molecular flexibility index (Phi) is 45.1. The average molecular weight is 483 g/mol. The Morgan fingerprint density at radius 2 is 0.788 bits per heavy atom. The SMILES string of the molecule is CC(=O)N(C(C)C)C(C)C.CC(N)=O.CC(N)=O.CC(N)=O.CC(N)=O.NCCNCCN. The quantitative estimate of drug-likeness (QED) is 0.210. The number of nitrogens with zero attached hydrogens (tertiary/aromatic N) is 1. The summed E-state index contributed by atoms with van der Waals surface area (Å²) in [6, 6.07) is 0.634. The predicted octanol–water partition coefficient (Wildman–Crippen LogP) is -1.89. The van der Waals surface area contributed by atoms with E-state index < -0.39 is 0 Å². The number of carbonyl (C=O) groups excluding carboxylic acids is 5. The fraction of sp³-hybridized carbons (Fsp3) is 0.750. The fourth-order valence-corrected chi connectivity index (χ4v) is 1.65. The second kappa shape index (κ2) is 33.9. The molecule has 0 saturated heterocycles. The van der Waals surface area contributed by atoms with Gasteiger partial charge in [-0.3, -0.25) is 24.0 Å². The number of primary amides is 4. The Labute approximate surface area is 199 Å². The zero-order valence-corrected chi connectivity index (χ0v) is 21.9. The molecule has 5 amide bonds. The second-order valence-electron chi connectivity index (χ2n) is 6.88. The van der Waals surface area contributed by atoms with Gasteiger partial charge < -0.3 is 44.6 Å². The van der Waals surface area contributed by atoms with Crippen molar-refractivity contribution in [2.24, 2.45) is 34.4 Å². The lowest BCUT2D eigenvalue weighted by Gasteiger charge is -2.29. The largest absolute Gasteiger partial charge is 0.370 e. The van der Waals surface area contributed by atoms with Crippen molar-refractivity contribution in [3.8, 4) is 0 Å². The maximum atomic E-state index is 11.0. The van der Waals surface area contributed by atoms with E-state index in [1.54, 1.807) is 6.92 Å². The van der Waals surface area contributed by atoms with Gasteiger partial charge in [0.15, 0.2) is 0 Å². The highest BCUT2D eigenvalue weighted by Crippen LogP contribution is 2.04. The van der Waals surface area contributed by atoms with E-state index in [0.717, 1.165) is 13.1 Å². The summed E-state index contributed by atoms with van der Waals surface area (Å²) >= 11 is 0. The Hall–Kier alpha value is -2.77. The van der Waals surface area contributed by atoms with Crippen LogP contribution < -0.4 is 39.7 Å². The van der Waals surface area contributed by atoms with Crippen LogP contribution in [0.4, 0.5) is 0 Å². The normalized spacial score (nSPS) is 8.27. The second-order valence-corrected chi connectivity index (χ2v) is 6.88. The Morgan fingerprint density at radius 1 is 0.606 bits per heavy atom. The molecule has 0 aromatic carbocycles. The van der Waals surface area contributed by atoms with Crippen LogP contribution in [0, 0.1) is 0 Å². The highest BCUT2D eigenvalue weighted by molar-refractivity contribution is 5.73. The molecule has 0 aliphatic heterocycles. The van der Waals surface area contributed by atoms with E-state index in [1.807, 2.05) is 32.6 Å². The maximum absolute atomic E-state index is 11.0. The molecule has 0 rings (SSSR count). The van der Waals surface area contributed by atoms with Gasteiger partial charge >= 0.3 is 0 Å². The Bertz CT molecular complexity index is 425. The van der Waals surface area contributed by atoms with E-state index in [-0.39, 0.29) is 29.5 Å². The monoisotopic (exact) mass is 482 g/mol. The summed E-state index contributed by atoms with van der Waals surface area (Å²) in [5.41, 5.74) is 28.2. The van der Waals surface area contributed by atoms with Gasteiger partial charge in [0, 0.05) is 72.9 Å². The topological polar surface area (TPSA) is 257 Å². The number of hydrogen-bond acceptors (Lipinski definition) is 8. The molecule has 0 atom stereocenters. The standard InChI is InChI=1S/C8H17NO.C4H13N3.4C2H5NO/c1-6(2)9(7(3)4)8(5)10;5-1-3-7-4-2-6;4*1-2(3)4/h6-7H,1-5H3;7H,1-6H2;4*1H3,(H2,3,4). The van der Waals surface area contributed by atoms with Gasteiger partial charge in [0.25, 0.3) is 0 Å². The van der Waals surface area contributed by atoms with E-state index in [1.165, 1.54) is 27.7 Å². The summed E-state index contributed by atoms with van der Waals surface area (Å²) in [5.74, 6) is -1.18. The lowest BCUT2D eigenvalue weighted by atomic mass is 10.2. The van der Waals surface area contributed by atoms with Crippen molar-refractivity contribution in [1.82, 2.24) is 10.2 Å². The first-order valence-electron chi connectivity index (χ1n) is 10.2. The van der Waals surface area contributed by atoms with Crippen molar-refractivity contribution in [3.05, 3.63) is 0 Å². The lowest BCUT2D eigenvalue weighted by Crippen LogP contribution is -2.40. The van der Waals surface area contributed by atoms with Gasteiger partial charge in [0.1, 0.15) is 0 Å². The van der Waals surface area contributed by atoms with Crippen molar-refractivity contribution in [1.29, 1.82) is 0 Å². The molecule has 0 heterocycles. The van der Waals surface area contributed by atoms with Crippen LogP contribution in [0.1, 0.15) is 62.3 Å². The van der Waals surface area contributed by atoms with Crippen LogP contribution >= 0.6 is 0 Å². The van der Waals surface area contributed by atoms with Crippen molar-refractivity contribution in [2.45, 2.75) is 74.4 Å². The minimum Gasteiger partial charge on any atom is -0.370 e. The summed E-state index contributed by atoms with van der Waals surface area (Å²) in [5, 5.41) is 3.03. The van der Waals surface area contributed by atoms with E-state index >= 15 is 0 Å². The molecule has 0 fully saturated rings. The molecule has 0 unspecified atom stereocenters. The maximum Gasteiger partial charge on any atom is 0.219 e. The van der Waals surface area contributed by atoms with Crippen LogP contribution in [0.3, 0.4) is 0 Å². The Morgan fingerprint density at radius 3 is 0.848 bits per heavy atom. The summed E-state index contributed by atoms with van der Waals surface area (Å²) < 4.78 is 0. The van der Waals surface area contributed by atoms with Gasteiger partial charge in [-0.15, -0.1) is 0 Å². The van der Waals surface area contributed by atoms with Gasteiger partial charge in [0.05, 0.1) is 0 Å². The van der Waals surface area contributed by atoms with Crippen LogP contribution in [-0.4, -0.2) is 72.7 Å². The summed E-state index contributed by atoms with van der Waals surface area (Å²) in [7, 11) is 0. The predicted molar refractivity (Wildman–Crippen MR) is 133 cm³/mol. The fourth-order valence-electron chi connectivity index (χ4n) is 1.65. The molecule has 0 aromatic rings. The highest BCUT2D eigenvalue weighted by atomic mass is 16.2. The van der Waals surface area contributed by atoms with Gasteiger partial charge in [-0.25, -0.2) is 0 Å². The van der Waals surface area contributed by atoms with Crippen molar-refractivity contribution < 1.29 is 24.0 Å². The Balaban J connectivity index is -0.0000000699. The molecule has 0 saturated carbocycles. The summed E-state index contributed by atoms with van der Waals surface area (Å²) in [4.78, 5) is 49.7. The molecule has 0 bridgehead atoms. The first-order chi connectivity index (χ1) is 14.8. The van der Waals surface area contributed by atoms with Crippen LogP contribution in [-0.2, 0) is 24.0 Å². The van der Waals surface area contributed by atoms with Crippen LogP contribution in [0.15, 0.2) is 0 Å². The first-order valence-corrected chi connectivity index (χ1v) is 10.2. The van der Waals surface area contributed by atoms with Crippen LogP contribution in [0.2, 0.25) is 0 Å². The average Bonchev–Trinajstić information content (AvgIpc) is 2.52. The molecular formula is C20H50N8O5. The number of nitrogens with one attached hydrogen (secondary N) is 1. The molecule has 0 aliphatic rings. The summed E-state index contributed by atoms with van der Waals surface area (Å²) in [6.45, 7) is 18.1. The minimum atomic E-state index is -0.333. The third-order valence-corrected chi connectivity index (χ3v) is 2.12. The van der Waals surface area contributed by atoms with Gasteiger partial charge in [-0.05, 0) is 27.7 Å². The molecule has 13 N–H and O–H groups in total. The van der Waals surface area contributed by atoms with Crippen molar-refractivity contribution >= 4 is 29.5 Å². The third-order valence-electron chi connectivity index (χ3n) is 2.12. The van der Waals surface area contributed by atoms with Gasteiger partial charge in [-0.2, -0.15) is 0 Å². The number of hydrogen-bond donors (Lipinski definition) is 7. The van der Waals surface area contributed by atoms with Crippen LogP contribution in [0.25, 0.3) is 0 Å². The lowest BCUT2D eigenvalue weighted by molar-refractivity contribution is -0.132. The molecule has 0 aromatic heterocycles. The van der Waals surface area contributed by atoms with E-state index in [9.17, 15) is 24.0 Å². The molecule has 0 radical (unpaired) electrons. The number of carbonyl (C=O) groups is 5. The smallest absolute Gasteiger partial charge is 0.219 e. The molecule has 33 heavy (non-hydrogen) atoms. The van der Waals surface area contributed by atoms with Gasteiger partial charge in [0.2, 0.25) is 29.5 Å². The molecule has 13 heteroatoms.